The molecule has 0 saturated heterocycles. The molecule has 1 aromatic rings. The Morgan fingerprint density at radius 3 is 2.60 bits per heavy atom. The van der Waals surface area contributed by atoms with E-state index in [0.29, 0.717) is 4.47 Å². The Morgan fingerprint density at radius 2 is 2.00 bits per heavy atom. The molecule has 1 aliphatic rings. The second kappa shape index (κ2) is 6.54. The average Bonchev–Trinajstić information content (AvgIpc) is 2.41. The van der Waals surface area contributed by atoms with E-state index >= 15 is 0 Å². The van der Waals surface area contributed by atoms with Crippen LogP contribution in [-0.2, 0) is 0 Å². The number of carbonyl (C=O) groups is 1. The highest BCUT2D eigenvalue weighted by Crippen LogP contribution is 2.32. The fourth-order valence-corrected chi connectivity index (χ4v) is 3.09. The monoisotopic (exact) mass is 360 g/mol. The second-order valence-corrected chi connectivity index (χ2v) is 6.15. The molecule has 7 heteroatoms. The predicted molar refractivity (Wildman–Crippen MR) is 80.1 cm³/mol. The van der Waals surface area contributed by atoms with E-state index in [2.05, 4.69) is 21.2 Å². The highest BCUT2D eigenvalue weighted by atomic mass is 79.9. The number of amides is 1. The normalized spacial score (nSPS) is 15.9. The van der Waals surface area contributed by atoms with E-state index in [4.69, 9.17) is 11.6 Å². The number of hydrogen-bond donors (Lipinski definition) is 1. The summed E-state index contributed by atoms with van der Waals surface area (Å²) >= 11 is 9.13. The van der Waals surface area contributed by atoms with Crippen LogP contribution in [0.3, 0.4) is 0 Å². The molecule has 2 rings (SSSR count). The van der Waals surface area contributed by atoms with Gasteiger partial charge >= 0.3 is 0 Å². The summed E-state index contributed by atoms with van der Waals surface area (Å²) in [4.78, 5) is 22.5. The van der Waals surface area contributed by atoms with E-state index in [1.807, 2.05) is 0 Å². The quantitative estimate of drug-likeness (QED) is 0.651. The minimum Gasteiger partial charge on any atom is -0.349 e. The molecule has 1 saturated carbocycles. The minimum atomic E-state index is -0.593. The smallest absolute Gasteiger partial charge is 0.289 e. The number of nitro groups is 1. The molecule has 108 valence electrons. The zero-order chi connectivity index (χ0) is 14.7. The van der Waals surface area contributed by atoms with Crippen molar-refractivity contribution in [1.29, 1.82) is 0 Å². The van der Waals surface area contributed by atoms with Crippen LogP contribution in [0.1, 0.15) is 42.5 Å². The summed E-state index contributed by atoms with van der Waals surface area (Å²) in [6.45, 7) is 0. The largest absolute Gasteiger partial charge is 0.349 e. The van der Waals surface area contributed by atoms with E-state index in [-0.39, 0.29) is 28.2 Å². The molecule has 1 aliphatic carbocycles. The number of nitro benzene ring substituents is 1. The molecule has 20 heavy (non-hydrogen) atoms. The predicted octanol–water partition coefficient (Wildman–Crippen LogP) is 4.07. The van der Waals surface area contributed by atoms with Crippen molar-refractivity contribution in [3.05, 3.63) is 37.3 Å². The molecule has 1 amide bonds. The van der Waals surface area contributed by atoms with Gasteiger partial charge in [-0.2, -0.15) is 0 Å². The maximum Gasteiger partial charge on any atom is 0.289 e. The van der Waals surface area contributed by atoms with Crippen molar-refractivity contribution in [1.82, 2.24) is 5.32 Å². The van der Waals surface area contributed by atoms with Gasteiger partial charge in [-0.25, -0.2) is 0 Å². The number of nitrogens with one attached hydrogen (secondary N) is 1. The van der Waals surface area contributed by atoms with E-state index < -0.39 is 4.92 Å². The first kappa shape index (κ1) is 15.3. The molecular formula is C13H14BrClN2O3. The Morgan fingerprint density at radius 1 is 1.35 bits per heavy atom. The number of nitrogens with zero attached hydrogens (tertiary/aromatic N) is 1. The van der Waals surface area contributed by atoms with Gasteiger partial charge in [-0.15, -0.1) is 0 Å². The number of carbonyl (C=O) groups excluding carboxylic acids is 1. The lowest BCUT2D eigenvalue weighted by Gasteiger charge is -2.23. The molecule has 1 aromatic carbocycles. The van der Waals surface area contributed by atoms with Gasteiger partial charge in [-0.05, 0) is 18.9 Å². The van der Waals surface area contributed by atoms with E-state index in [1.165, 1.54) is 18.6 Å². The Balaban J connectivity index is 2.22. The van der Waals surface area contributed by atoms with Crippen LogP contribution in [0.2, 0.25) is 5.02 Å². The molecule has 0 unspecified atom stereocenters. The average molecular weight is 362 g/mol. The fraction of sp³-hybridized carbons (Fsp3) is 0.462. The van der Waals surface area contributed by atoms with Crippen LogP contribution in [0.15, 0.2) is 16.6 Å². The van der Waals surface area contributed by atoms with Crippen molar-refractivity contribution in [2.24, 2.45) is 0 Å². The van der Waals surface area contributed by atoms with Gasteiger partial charge in [-0.3, -0.25) is 14.9 Å². The van der Waals surface area contributed by atoms with Crippen molar-refractivity contribution in [2.45, 2.75) is 38.1 Å². The van der Waals surface area contributed by atoms with Gasteiger partial charge in [0.25, 0.3) is 11.6 Å². The third kappa shape index (κ3) is 3.49. The van der Waals surface area contributed by atoms with Crippen molar-refractivity contribution in [2.75, 3.05) is 0 Å². The Labute approximate surface area is 130 Å². The summed E-state index contributed by atoms with van der Waals surface area (Å²) in [5, 5.41) is 13.7. The van der Waals surface area contributed by atoms with Gasteiger partial charge in [0, 0.05) is 16.6 Å². The summed E-state index contributed by atoms with van der Waals surface area (Å²) < 4.78 is 0.461. The fourth-order valence-electron chi connectivity index (χ4n) is 2.38. The van der Waals surface area contributed by atoms with Crippen LogP contribution in [0.25, 0.3) is 0 Å². The topological polar surface area (TPSA) is 72.2 Å². The lowest BCUT2D eigenvalue weighted by Crippen LogP contribution is -2.36. The molecule has 5 nitrogen and oxygen atoms in total. The molecule has 0 bridgehead atoms. The highest BCUT2D eigenvalue weighted by molar-refractivity contribution is 9.10. The second-order valence-electron chi connectivity index (χ2n) is 4.85. The summed E-state index contributed by atoms with van der Waals surface area (Å²) in [6, 6.07) is 2.93. The van der Waals surface area contributed by atoms with Crippen molar-refractivity contribution in [3.63, 3.8) is 0 Å². The van der Waals surface area contributed by atoms with Gasteiger partial charge in [0.15, 0.2) is 0 Å². The molecule has 1 fully saturated rings. The van der Waals surface area contributed by atoms with Crippen LogP contribution in [0, 0.1) is 10.1 Å². The minimum absolute atomic E-state index is 0.119. The first-order chi connectivity index (χ1) is 9.49. The summed E-state index contributed by atoms with van der Waals surface area (Å²) in [5.41, 5.74) is -0.131. The van der Waals surface area contributed by atoms with Crippen LogP contribution < -0.4 is 5.32 Å². The van der Waals surface area contributed by atoms with Gasteiger partial charge in [0.05, 0.1) is 10.5 Å². The summed E-state index contributed by atoms with van der Waals surface area (Å²) in [6.07, 6.45) is 5.27. The number of rotatable bonds is 3. The van der Waals surface area contributed by atoms with Crippen molar-refractivity contribution < 1.29 is 9.72 Å². The zero-order valence-electron chi connectivity index (χ0n) is 10.7. The molecule has 0 aromatic heterocycles. The molecule has 0 atom stereocenters. The van der Waals surface area contributed by atoms with Crippen molar-refractivity contribution in [3.8, 4) is 0 Å². The van der Waals surface area contributed by atoms with Crippen molar-refractivity contribution >= 4 is 39.1 Å². The van der Waals surface area contributed by atoms with Crippen LogP contribution in [0.4, 0.5) is 5.69 Å². The Hall–Kier alpha value is -1.14. The van der Waals surface area contributed by atoms with Gasteiger partial charge in [0.2, 0.25) is 0 Å². The summed E-state index contributed by atoms with van der Waals surface area (Å²) in [5.74, 6) is -0.355. The Kier molecular flexibility index (Phi) is 4.99. The highest BCUT2D eigenvalue weighted by Gasteiger charge is 2.24. The van der Waals surface area contributed by atoms with Gasteiger partial charge in [-0.1, -0.05) is 46.8 Å². The lowest BCUT2D eigenvalue weighted by atomic mass is 9.95. The van der Waals surface area contributed by atoms with Crippen LogP contribution in [-0.4, -0.2) is 16.9 Å². The first-order valence-electron chi connectivity index (χ1n) is 6.43. The van der Waals surface area contributed by atoms with Crippen LogP contribution >= 0.6 is 27.5 Å². The van der Waals surface area contributed by atoms with Gasteiger partial charge in [0.1, 0.15) is 5.02 Å². The molecular weight excluding hydrogens is 348 g/mol. The third-order valence-electron chi connectivity index (χ3n) is 3.40. The number of hydrogen-bond acceptors (Lipinski definition) is 3. The van der Waals surface area contributed by atoms with E-state index in [0.717, 1.165) is 25.7 Å². The van der Waals surface area contributed by atoms with E-state index in [9.17, 15) is 14.9 Å². The third-order valence-corrected chi connectivity index (χ3v) is 4.25. The first-order valence-corrected chi connectivity index (χ1v) is 7.60. The molecule has 1 N–H and O–H groups in total. The number of halogens is 2. The Bertz CT molecular complexity index is 545. The van der Waals surface area contributed by atoms with Gasteiger partial charge < -0.3 is 5.32 Å². The molecule has 0 spiro atoms. The summed E-state index contributed by atoms with van der Waals surface area (Å²) in [7, 11) is 0. The SMILES string of the molecule is O=C(NC1CCCCC1)c1cc(Br)cc([N+](=O)[O-])c1Cl. The molecule has 0 radical (unpaired) electrons. The standard InChI is InChI=1S/C13H14BrClN2O3/c14-8-6-10(12(15)11(7-8)17(19)20)13(18)16-9-4-2-1-3-5-9/h6-7,9H,1-5H2,(H,16,18). The molecule has 0 heterocycles. The maximum absolute atomic E-state index is 12.2. The lowest BCUT2D eigenvalue weighted by molar-refractivity contribution is -0.384. The number of benzene rings is 1. The zero-order valence-corrected chi connectivity index (χ0v) is 13.0. The van der Waals surface area contributed by atoms with E-state index in [1.54, 1.807) is 0 Å². The van der Waals surface area contributed by atoms with Crippen LogP contribution in [0.5, 0.6) is 0 Å². The maximum atomic E-state index is 12.2. The molecule has 0 aliphatic heterocycles.